The number of thiazole rings is 1. The lowest BCUT2D eigenvalue weighted by Gasteiger charge is -2.20. The number of anilines is 1. The van der Waals surface area contributed by atoms with Gasteiger partial charge in [-0.25, -0.2) is 4.52 Å². The highest BCUT2D eigenvalue weighted by molar-refractivity contribution is 9.11. The van der Waals surface area contributed by atoms with Crippen LogP contribution < -0.4 is 10.6 Å². The lowest BCUT2D eigenvalue weighted by Crippen LogP contribution is -2.36. The van der Waals surface area contributed by atoms with Crippen LogP contribution in [0.25, 0.3) is 4.83 Å². The van der Waals surface area contributed by atoms with Crippen LogP contribution in [-0.4, -0.2) is 57.0 Å². The summed E-state index contributed by atoms with van der Waals surface area (Å²) in [6.07, 6.45) is 7.30. The molecule has 0 aliphatic carbocycles. The highest BCUT2D eigenvalue weighted by Gasteiger charge is 2.20. The van der Waals surface area contributed by atoms with Gasteiger partial charge in [0.15, 0.2) is 0 Å². The van der Waals surface area contributed by atoms with Gasteiger partial charge in [0.2, 0.25) is 0 Å². The summed E-state index contributed by atoms with van der Waals surface area (Å²) in [7, 11) is 0. The van der Waals surface area contributed by atoms with Crippen LogP contribution in [0.1, 0.15) is 46.2 Å². The maximum atomic E-state index is 12.8. The number of carbonyl (C=O) groups is 2. The lowest BCUT2D eigenvalue weighted by molar-refractivity contribution is 0.0946. The summed E-state index contributed by atoms with van der Waals surface area (Å²) < 4.78 is 2.54. The molecule has 0 unspecified atom stereocenters. The van der Waals surface area contributed by atoms with Gasteiger partial charge in [-0.1, -0.05) is 0 Å². The molecule has 1 atom stereocenters. The van der Waals surface area contributed by atoms with Crippen molar-refractivity contribution >= 4 is 49.6 Å². The Kier molecular flexibility index (Phi) is 6.16. The molecule has 4 heterocycles. The van der Waals surface area contributed by atoms with Crippen molar-refractivity contribution in [1.82, 2.24) is 24.8 Å². The Morgan fingerprint density at radius 3 is 2.93 bits per heavy atom. The Labute approximate surface area is 186 Å². The number of pyridine rings is 1. The van der Waals surface area contributed by atoms with E-state index in [0.717, 1.165) is 21.7 Å². The minimum atomic E-state index is -0.287. The van der Waals surface area contributed by atoms with E-state index < -0.39 is 0 Å². The quantitative estimate of drug-likeness (QED) is 0.552. The summed E-state index contributed by atoms with van der Waals surface area (Å²) in [5.41, 5.74) is 2.04. The topological polar surface area (TPSA) is 91.6 Å². The molecule has 3 aromatic heterocycles. The molecule has 2 N–H and O–H groups in total. The molecule has 3 aromatic rings. The Balaban J connectivity index is 1.42. The first-order valence-corrected chi connectivity index (χ1v) is 11.5. The third-order valence-electron chi connectivity index (χ3n) is 5.38. The molecule has 0 saturated carbocycles. The van der Waals surface area contributed by atoms with E-state index >= 15 is 0 Å². The molecule has 10 heteroatoms. The monoisotopic (exact) mass is 490 g/mol. The van der Waals surface area contributed by atoms with Gasteiger partial charge in [-0.3, -0.25) is 19.5 Å². The SMILES string of the molecule is Cc1ncc(C(=O)NCCN2CCC[C@@H]2C)cc1NC(=O)c1cnn2cc(Br)sc12. The highest BCUT2D eigenvalue weighted by Crippen LogP contribution is 2.26. The Morgan fingerprint density at radius 2 is 2.17 bits per heavy atom. The van der Waals surface area contributed by atoms with Gasteiger partial charge in [0.25, 0.3) is 11.8 Å². The maximum Gasteiger partial charge on any atom is 0.260 e. The van der Waals surface area contributed by atoms with Crippen LogP contribution in [-0.2, 0) is 0 Å². The number of aryl methyl sites for hydroxylation is 1. The molecule has 2 amide bonds. The van der Waals surface area contributed by atoms with E-state index in [0.29, 0.717) is 35.1 Å². The van der Waals surface area contributed by atoms with Gasteiger partial charge >= 0.3 is 0 Å². The van der Waals surface area contributed by atoms with Crippen LogP contribution in [0.15, 0.2) is 28.4 Å². The zero-order valence-electron chi connectivity index (χ0n) is 16.8. The number of hydrogen-bond acceptors (Lipinski definition) is 6. The van der Waals surface area contributed by atoms with Gasteiger partial charge in [-0.2, -0.15) is 5.10 Å². The predicted octanol–water partition coefficient (Wildman–Crippen LogP) is 3.33. The minimum Gasteiger partial charge on any atom is -0.351 e. The number of aromatic nitrogens is 3. The summed E-state index contributed by atoms with van der Waals surface area (Å²) in [4.78, 5) is 32.7. The van der Waals surface area contributed by atoms with Crippen molar-refractivity contribution in [1.29, 1.82) is 0 Å². The number of likely N-dealkylation sites (tertiary alicyclic amines) is 1. The Bertz CT molecular complexity index is 1090. The van der Waals surface area contributed by atoms with E-state index in [4.69, 9.17) is 0 Å². The smallest absolute Gasteiger partial charge is 0.260 e. The fourth-order valence-electron chi connectivity index (χ4n) is 3.63. The largest absolute Gasteiger partial charge is 0.351 e. The molecule has 1 saturated heterocycles. The number of nitrogens with zero attached hydrogens (tertiary/aromatic N) is 4. The fourth-order valence-corrected chi connectivity index (χ4v) is 5.07. The average Bonchev–Trinajstić information content (AvgIpc) is 3.39. The molecule has 158 valence electrons. The lowest BCUT2D eigenvalue weighted by atomic mass is 10.2. The second-order valence-electron chi connectivity index (χ2n) is 7.44. The molecule has 8 nitrogen and oxygen atoms in total. The second-order valence-corrected chi connectivity index (χ2v) is 9.85. The highest BCUT2D eigenvalue weighted by atomic mass is 79.9. The summed E-state index contributed by atoms with van der Waals surface area (Å²) in [6.45, 7) is 6.52. The van der Waals surface area contributed by atoms with Crippen molar-refractivity contribution in [3.63, 3.8) is 0 Å². The van der Waals surface area contributed by atoms with Gasteiger partial charge in [0.1, 0.15) is 4.83 Å². The van der Waals surface area contributed by atoms with E-state index in [1.807, 2.05) is 0 Å². The number of rotatable bonds is 6. The molecule has 1 aliphatic rings. The molecule has 4 rings (SSSR count). The molecular formula is C20H23BrN6O2S. The number of amides is 2. The van der Waals surface area contributed by atoms with E-state index in [1.165, 1.54) is 36.6 Å². The van der Waals surface area contributed by atoms with Crippen LogP contribution in [0.3, 0.4) is 0 Å². The Morgan fingerprint density at radius 1 is 1.33 bits per heavy atom. The van der Waals surface area contributed by atoms with Crippen molar-refractivity contribution in [3.8, 4) is 0 Å². The summed E-state index contributed by atoms with van der Waals surface area (Å²) >= 11 is 4.83. The van der Waals surface area contributed by atoms with E-state index in [1.54, 1.807) is 23.7 Å². The number of halogens is 1. The van der Waals surface area contributed by atoms with Crippen LogP contribution >= 0.6 is 27.3 Å². The number of nitrogens with one attached hydrogen (secondary N) is 2. The molecule has 30 heavy (non-hydrogen) atoms. The van der Waals surface area contributed by atoms with Crippen molar-refractivity contribution in [2.24, 2.45) is 0 Å². The number of hydrogen-bond donors (Lipinski definition) is 2. The van der Waals surface area contributed by atoms with Crippen LogP contribution in [0.4, 0.5) is 5.69 Å². The van der Waals surface area contributed by atoms with Crippen molar-refractivity contribution in [2.75, 3.05) is 25.0 Å². The predicted molar refractivity (Wildman–Crippen MR) is 120 cm³/mol. The van der Waals surface area contributed by atoms with Gasteiger partial charge in [0.05, 0.1) is 38.7 Å². The normalized spacial score (nSPS) is 16.8. The van der Waals surface area contributed by atoms with Crippen molar-refractivity contribution in [2.45, 2.75) is 32.7 Å². The molecule has 0 spiro atoms. The van der Waals surface area contributed by atoms with Gasteiger partial charge in [0, 0.05) is 25.3 Å². The van der Waals surface area contributed by atoms with Crippen LogP contribution in [0.2, 0.25) is 0 Å². The third kappa shape index (κ3) is 4.40. The van der Waals surface area contributed by atoms with Gasteiger partial charge in [-0.05, 0) is 55.2 Å². The van der Waals surface area contributed by atoms with Crippen LogP contribution in [0, 0.1) is 6.92 Å². The number of fused-ring (bicyclic) bond motifs is 1. The van der Waals surface area contributed by atoms with E-state index in [2.05, 4.69) is 48.5 Å². The molecule has 1 fully saturated rings. The van der Waals surface area contributed by atoms with Crippen molar-refractivity contribution < 1.29 is 9.59 Å². The molecular weight excluding hydrogens is 468 g/mol. The molecule has 0 bridgehead atoms. The molecule has 1 aliphatic heterocycles. The fraction of sp³-hybridized carbons (Fsp3) is 0.400. The average molecular weight is 491 g/mol. The van der Waals surface area contributed by atoms with Crippen molar-refractivity contribution in [3.05, 3.63) is 45.3 Å². The zero-order valence-corrected chi connectivity index (χ0v) is 19.2. The Hall–Kier alpha value is -2.30. The standard InChI is InChI=1S/C20H23BrN6O2S/c1-12-4-3-6-26(12)7-5-22-18(28)14-8-16(13(2)23-9-14)25-19(29)15-10-24-27-11-17(21)30-20(15)27/h8-12H,3-7H2,1-2H3,(H,22,28)(H,25,29)/t12-/m0/s1. The van der Waals surface area contributed by atoms with Gasteiger partial charge in [-0.15, -0.1) is 11.3 Å². The van der Waals surface area contributed by atoms with E-state index in [9.17, 15) is 9.59 Å². The second kappa shape index (κ2) is 8.83. The summed E-state index contributed by atoms with van der Waals surface area (Å²) in [6, 6.07) is 2.24. The number of carbonyl (C=O) groups excluding carboxylic acids is 2. The minimum absolute atomic E-state index is 0.194. The first-order valence-electron chi connectivity index (χ1n) is 9.85. The molecule has 0 radical (unpaired) electrons. The summed E-state index contributed by atoms with van der Waals surface area (Å²) in [5, 5.41) is 10.0. The summed E-state index contributed by atoms with van der Waals surface area (Å²) in [5.74, 6) is -0.482. The molecule has 0 aromatic carbocycles. The third-order valence-corrected chi connectivity index (χ3v) is 6.98. The zero-order chi connectivity index (χ0) is 21.3. The first kappa shape index (κ1) is 21.0. The van der Waals surface area contributed by atoms with Crippen LogP contribution in [0.5, 0.6) is 0 Å². The van der Waals surface area contributed by atoms with Gasteiger partial charge < -0.3 is 10.6 Å². The van der Waals surface area contributed by atoms with E-state index in [-0.39, 0.29) is 11.8 Å². The maximum absolute atomic E-state index is 12.8. The first-order chi connectivity index (χ1) is 14.4.